The number of aromatic nitrogens is 1. The third-order valence-corrected chi connectivity index (χ3v) is 5.39. The van der Waals surface area contributed by atoms with Gasteiger partial charge in [0.2, 0.25) is 15.9 Å². The molecule has 1 aromatic rings. The van der Waals surface area contributed by atoms with E-state index in [4.69, 9.17) is 0 Å². The zero-order chi connectivity index (χ0) is 20.1. The van der Waals surface area contributed by atoms with Gasteiger partial charge in [-0.05, 0) is 26.8 Å². The lowest BCUT2D eigenvalue weighted by atomic mass is 10.1. The van der Waals surface area contributed by atoms with E-state index in [9.17, 15) is 22.8 Å². The number of amides is 3. The maximum atomic E-state index is 12.5. The van der Waals surface area contributed by atoms with E-state index in [1.165, 1.54) is 10.4 Å². The molecule has 0 saturated heterocycles. The maximum Gasteiger partial charge on any atom is 0.321 e. The van der Waals surface area contributed by atoms with E-state index in [0.717, 1.165) is 16.8 Å². The highest BCUT2D eigenvalue weighted by atomic mass is 32.2. The number of carbonyl (C=O) groups excluding carboxylic acids is 2. The van der Waals surface area contributed by atoms with Gasteiger partial charge in [-0.25, -0.2) is 13.2 Å². The van der Waals surface area contributed by atoms with Crippen LogP contribution in [0.4, 0.5) is 4.79 Å². The minimum Gasteiger partial charge on any atom is -0.333 e. The molecular formula is C16H26N4O5S. The number of rotatable bonds is 6. The van der Waals surface area contributed by atoms with Crippen molar-refractivity contribution in [1.82, 2.24) is 19.5 Å². The van der Waals surface area contributed by atoms with E-state index in [0.29, 0.717) is 0 Å². The molecule has 0 radical (unpaired) electrons. The average molecular weight is 386 g/mol. The van der Waals surface area contributed by atoms with Crippen molar-refractivity contribution < 1.29 is 18.0 Å². The summed E-state index contributed by atoms with van der Waals surface area (Å²) in [5.74, 6) is -0.730. The van der Waals surface area contributed by atoms with Crippen LogP contribution in [0.1, 0.15) is 34.6 Å². The first-order valence-electron chi connectivity index (χ1n) is 8.23. The fourth-order valence-corrected chi connectivity index (χ4v) is 3.67. The Hall–Kier alpha value is -2.20. The van der Waals surface area contributed by atoms with Gasteiger partial charge in [0.25, 0.3) is 5.56 Å². The minimum atomic E-state index is -3.76. The largest absolute Gasteiger partial charge is 0.333 e. The Morgan fingerprint density at radius 3 is 2.23 bits per heavy atom. The highest BCUT2D eigenvalue weighted by molar-refractivity contribution is 7.89. The van der Waals surface area contributed by atoms with Crippen LogP contribution in [0.5, 0.6) is 0 Å². The number of nitrogens with one attached hydrogen (secondary N) is 2. The summed E-state index contributed by atoms with van der Waals surface area (Å²) < 4.78 is 27.2. The molecule has 0 aliphatic carbocycles. The highest BCUT2D eigenvalue weighted by Crippen LogP contribution is 2.13. The van der Waals surface area contributed by atoms with Crippen molar-refractivity contribution >= 4 is 22.0 Å². The third kappa shape index (κ3) is 5.95. The molecule has 0 saturated carbocycles. The normalized spacial score (nSPS) is 12.1. The number of hydrogen-bond acceptors (Lipinski definition) is 5. The molecule has 9 nitrogen and oxygen atoms in total. The molecule has 0 spiro atoms. The predicted molar refractivity (Wildman–Crippen MR) is 97.2 cm³/mol. The van der Waals surface area contributed by atoms with Crippen LogP contribution in [0.3, 0.4) is 0 Å². The first-order chi connectivity index (χ1) is 11.9. The Kier molecular flexibility index (Phi) is 7.10. The summed E-state index contributed by atoms with van der Waals surface area (Å²) in [5.41, 5.74) is -1.08. The second-order valence-corrected chi connectivity index (χ2v) is 8.61. The van der Waals surface area contributed by atoms with E-state index in [1.54, 1.807) is 34.6 Å². The Morgan fingerprint density at radius 1 is 1.15 bits per heavy atom. The minimum absolute atomic E-state index is 0.0901. The monoisotopic (exact) mass is 386 g/mol. The van der Waals surface area contributed by atoms with Crippen LogP contribution in [0.15, 0.2) is 28.0 Å². The van der Waals surface area contributed by atoms with Crippen molar-refractivity contribution in [3.63, 3.8) is 0 Å². The van der Waals surface area contributed by atoms with Gasteiger partial charge in [0, 0.05) is 30.9 Å². The van der Waals surface area contributed by atoms with E-state index < -0.39 is 39.6 Å². The summed E-state index contributed by atoms with van der Waals surface area (Å²) in [6.45, 7) is 8.76. The molecule has 2 N–H and O–H groups in total. The molecule has 0 fully saturated rings. The number of carbonyl (C=O) groups is 2. The first-order valence-corrected chi connectivity index (χ1v) is 9.67. The molecule has 0 atom stereocenters. The molecule has 146 valence electrons. The maximum absolute atomic E-state index is 12.5. The van der Waals surface area contributed by atoms with Crippen LogP contribution in [-0.2, 0) is 21.4 Å². The van der Waals surface area contributed by atoms with Crippen LogP contribution in [-0.4, -0.2) is 47.9 Å². The van der Waals surface area contributed by atoms with Crippen LogP contribution in [0.2, 0.25) is 0 Å². The van der Waals surface area contributed by atoms with Gasteiger partial charge in [0.05, 0.1) is 4.90 Å². The van der Waals surface area contributed by atoms with E-state index in [1.807, 2.05) is 0 Å². The standard InChI is InChI=1S/C16H26N4O5S/c1-6-20(7-2)26(24,25)12-8-9-14(22)19(10-12)11-13(21)17-15(23)18-16(3,4)5/h8-10H,6-7,11H2,1-5H3,(H2,17,18,21,23). The second kappa shape index (κ2) is 8.45. The summed E-state index contributed by atoms with van der Waals surface area (Å²) >= 11 is 0. The summed E-state index contributed by atoms with van der Waals surface area (Å²) in [6, 6.07) is 1.60. The Balaban J connectivity index is 3.00. The molecule has 0 aliphatic rings. The van der Waals surface area contributed by atoms with Crippen molar-refractivity contribution in [1.29, 1.82) is 0 Å². The van der Waals surface area contributed by atoms with Gasteiger partial charge < -0.3 is 9.88 Å². The van der Waals surface area contributed by atoms with Crippen LogP contribution in [0.25, 0.3) is 0 Å². The van der Waals surface area contributed by atoms with Crippen molar-refractivity contribution in [2.75, 3.05) is 13.1 Å². The van der Waals surface area contributed by atoms with Crippen LogP contribution in [0, 0.1) is 0 Å². The summed E-state index contributed by atoms with van der Waals surface area (Å²) in [7, 11) is -3.76. The lowest BCUT2D eigenvalue weighted by Crippen LogP contribution is -2.49. The topological polar surface area (TPSA) is 118 Å². The SMILES string of the molecule is CCN(CC)S(=O)(=O)c1ccc(=O)n(CC(=O)NC(=O)NC(C)(C)C)c1. The summed E-state index contributed by atoms with van der Waals surface area (Å²) in [4.78, 5) is 35.5. The van der Waals surface area contributed by atoms with Crippen LogP contribution < -0.4 is 16.2 Å². The molecule has 1 aromatic heterocycles. The number of imide groups is 1. The highest BCUT2D eigenvalue weighted by Gasteiger charge is 2.23. The Morgan fingerprint density at radius 2 is 1.73 bits per heavy atom. The molecule has 26 heavy (non-hydrogen) atoms. The summed E-state index contributed by atoms with van der Waals surface area (Å²) in [6.07, 6.45) is 1.11. The van der Waals surface area contributed by atoms with Gasteiger partial charge in [-0.15, -0.1) is 0 Å². The lowest BCUT2D eigenvalue weighted by Gasteiger charge is -2.20. The van der Waals surface area contributed by atoms with E-state index >= 15 is 0 Å². The molecule has 1 heterocycles. The number of hydrogen-bond donors (Lipinski definition) is 2. The van der Waals surface area contributed by atoms with E-state index in [-0.39, 0.29) is 18.0 Å². The van der Waals surface area contributed by atoms with Crippen LogP contribution >= 0.6 is 0 Å². The van der Waals surface area contributed by atoms with Gasteiger partial charge in [0.1, 0.15) is 6.54 Å². The molecule has 0 unspecified atom stereocenters. The smallest absolute Gasteiger partial charge is 0.321 e. The number of sulfonamides is 1. The Bertz CT molecular complexity index is 820. The van der Waals surface area contributed by atoms with Gasteiger partial charge in [-0.2, -0.15) is 4.31 Å². The molecule has 3 amide bonds. The van der Waals surface area contributed by atoms with E-state index in [2.05, 4.69) is 10.6 Å². The Labute approximate surface area is 153 Å². The molecular weight excluding hydrogens is 360 g/mol. The molecule has 0 aliphatic heterocycles. The molecule has 0 aromatic carbocycles. The van der Waals surface area contributed by atoms with Crippen molar-refractivity contribution in [3.8, 4) is 0 Å². The average Bonchev–Trinajstić information content (AvgIpc) is 2.48. The third-order valence-electron chi connectivity index (χ3n) is 3.35. The molecule has 10 heteroatoms. The summed E-state index contributed by atoms with van der Waals surface area (Å²) in [5, 5.41) is 4.66. The van der Waals surface area contributed by atoms with Gasteiger partial charge in [-0.1, -0.05) is 13.8 Å². The van der Waals surface area contributed by atoms with Crippen molar-refractivity contribution in [2.45, 2.75) is 51.6 Å². The fourth-order valence-electron chi connectivity index (χ4n) is 2.19. The quantitative estimate of drug-likeness (QED) is 0.738. The zero-order valence-corrected chi connectivity index (χ0v) is 16.5. The van der Waals surface area contributed by atoms with Gasteiger partial charge in [0.15, 0.2) is 0 Å². The molecule has 1 rings (SSSR count). The second-order valence-electron chi connectivity index (χ2n) is 6.67. The van der Waals surface area contributed by atoms with Gasteiger partial charge >= 0.3 is 6.03 Å². The number of urea groups is 1. The van der Waals surface area contributed by atoms with Crippen molar-refractivity contribution in [3.05, 3.63) is 28.7 Å². The zero-order valence-electron chi connectivity index (χ0n) is 15.7. The molecule has 0 bridgehead atoms. The number of pyridine rings is 1. The first kappa shape index (κ1) is 21.8. The van der Waals surface area contributed by atoms with Gasteiger partial charge in [-0.3, -0.25) is 14.9 Å². The fraction of sp³-hybridized carbons (Fsp3) is 0.562. The number of nitrogens with zero attached hydrogens (tertiary/aromatic N) is 2. The predicted octanol–water partition coefficient (Wildman–Crippen LogP) is 0.503. The van der Waals surface area contributed by atoms with Crippen molar-refractivity contribution in [2.24, 2.45) is 0 Å². The lowest BCUT2D eigenvalue weighted by molar-refractivity contribution is -0.120.